The third kappa shape index (κ3) is 2.66. The van der Waals surface area contributed by atoms with E-state index in [1.165, 1.54) is 6.07 Å². The van der Waals surface area contributed by atoms with Crippen LogP contribution in [0.2, 0.25) is 0 Å². The zero-order valence-electron chi connectivity index (χ0n) is 12.8. The van der Waals surface area contributed by atoms with Crippen molar-refractivity contribution in [3.05, 3.63) is 47.4 Å². The molecule has 4 rings (SSSR count). The normalized spacial score (nSPS) is 24.0. The summed E-state index contributed by atoms with van der Waals surface area (Å²) in [5, 5.41) is 8.48. The van der Waals surface area contributed by atoms with E-state index in [0.717, 1.165) is 25.0 Å². The fraction of sp³-hybridized carbons (Fsp3) is 0.529. The molecular formula is C17H19FN2O3. The van der Waals surface area contributed by atoms with Gasteiger partial charge in [-0.2, -0.15) is 0 Å². The number of rotatable bonds is 3. The molecule has 1 aromatic heterocycles. The lowest BCUT2D eigenvalue weighted by Gasteiger charge is -2.34. The topological polar surface area (TPSA) is 57.4 Å². The van der Waals surface area contributed by atoms with E-state index in [2.05, 4.69) is 10.2 Å². The van der Waals surface area contributed by atoms with Crippen LogP contribution in [0, 0.1) is 5.82 Å². The molecular weight excluding hydrogens is 299 g/mol. The maximum atomic E-state index is 13.7. The summed E-state index contributed by atoms with van der Waals surface area (Å²) in [6, 6.07) is 6.65. The van der Waals surface area contributed by atoms with Crippen LogP contribution in [0.3, 0.4) is 0 Å². The van der Waals surface area contributed by atoms with Gasteiger partial charge in [-0.05, 0) is 43.4 Å². The van der Waals surface area contributed by atoms with Crippen LogP contribution in [-0.2, 0) is 14.9 Å². The Labute approximate surface area is 133 Å². The van der Waals surface area contributed by atoms with Gasteiger partial charge in [-0.1, -0.05) is 12.1 Å². The number of benzene rings is 1. The first-order valence-electron chi connectivity index (χ1n) is 8.07. The van der Waals surface area contributed by atoms with Crippen LogP contribution in [0.4, 0.5) is 4.39 Å². The van der Waals surface area contributed by atoms with Gasteiger partial charge in [0.05, 0.1) is 5.41 Å². The smallest absolute Gasteiger partial charge is 0.245 e. The average molecular weight is 318 g/mol. The fourth-order valence-electron chi connectivity index (χ4n) is 3.46. The van der Waals surface area contributed by atoms with Crippen molar-refractivity contribution in [3.8, 4) is 0 Å². The second-order valence-corrected chi connectivity index (χ2v) is 6.15. The Balaban J connectivity index is 1.73. The Morgan fingerprint density at radius 2 is 2.00 bits per heavy atom. The van der Waals surface area contributed by atoms with Crippen molar-refractivity contribution in [1.29, 1.82) is 0 Å². The third-order valence-corrected chi connectivity index (χ3v) is 4.78. The predicted molar refractivity (Wildman–Crippen MR) is 79.5 cm³/mol. The van der Waals surface area contributed by atoms with Crippen molar-refractivity contribution in [2.45, 2.75) is 37.2 Å². The first-order valence-corrected chi connectivity index (χ1v) is 8.07. The first kappa shape index (κ1) is 14.8. The minimum atomic E-state index is -0.482. The summed E-state index contributed by atoms with van der Waals surface area (Å²) in [4.78, 5) is 0. The minimum absolute atomic E-state index is 0.111. The van der Waals surface area contributed by atoms with Crippen molar-refractivity contribution in [2.75, 3.05) is 19.8 Å². The lowest BCUT2D eigenvalue weighted by molar-refractivity contribution is 0.0503. The van der Waals surface area contributed by atoms with Crippen molar-refractivity contribution in [2.24, 2.45) is 0 Å². The van der Waals surface area contributed by atoms with Crippen molar-refractivity contribution >= 4 is 0 Å². The molecule has 2 fully saturated rings. The van der Waals surface area contributed by atoms with Gasteiger partial charge in [-0.25, -0.2) is 4.39 Å². The van der Waals surface area contributed by atoms with Gasteiger partial charge in [0.15, 0.2) is 0 Å². The van der Waals surface area contributed by atoms with E-state index >= 15 is 0 Å². The van der Waals surface area contributed by atoms with Crippen LogP contribution in [0.25, 0.3) is 0 Å². The largest absolute Gasteiger partial charge is 0.421 e. The molecule has 3 heterocycles. The van der Waals surface area contributed by atoms with Crippen molar-refractivity contribution in [3.63, 3.8) is 0 Å². The Hall–Kier alpha value is -1.79. The van der Waals surface area contributed by atoms with Crippen LogP contribution in [-0.4, -0.2) is 30.0 Å². The Kier molecular flexibility index (Phi) is 3.87. The number of halogens is 1. The summed E-state index contributed by atoms with van der Waals surface area (Å²) in [5.41, 5.74) is 0.382. The molecule has 122 valence electrons. The molecule has 0 radical (unpaired) electrons. The maximum Gasteiger partial charge on any atom is 0.245 e. The van der Waals surface area contributed by atoms with Gasteiger partial charge in [-0.3, -0.25) is 0 Å². The molecule has 23 heavy (non-hydrogen) atoms. The number of hydrogen-bond acceptors (Lipinski definition) is 5. The highest BCUT2D eigenvalue weighted by molar-refractivity contribution is 5.33. The lowest BCUT2D eigenvalue weighted by Crippen LogP contribution is -2.35. The number of ether oxygens (including phenoxy) is 2. The summed E-state index contributed by atoms with van der Waals surface area (Å²) in [6.45, 7) is 1.91. The molecule has 0 unspecified atom stereocenters. The SMILES string of the molecule is Fc1cccc(C2(c3nnc([C@H]4CCCO4)o3)CCOCC2)c1. The van der Waals surface area contributed by atoms with Gasteiger partial charge in [0.25, 0.3) is 0 Å². The van der Waals surface area contributed by atoms with Gasteiger partial charge in [0, 0.05) is 19.8 Å². The van der Waals surface area contributed by atoms with Gasteiger partial charge < -0.3 is 13.9 Å². The molecule has 1 aromatic carbocycles. The molecule has 0 saturated carbocycles. The fourth-order valence-corrected chi connectivity index (χ4v) is 3.46. The van der Waals surface area contributed by atoms with Crippen molar-refractivity contribution in [1.82, 2.24) is 10.2 Å². The zero-order valence-corrected chi connectivity index (χ0v) is 12.8. The monoisotopic (exact) mass is 318 g/mol. The number of hydrogen-bond donors (Lipinski definition) is 0. The number of nitrogens with zero attached hydrogens (tertiary/aromatic N) is 2. The summed E-state index contributed by atoms with van der Waals surface area (Å²) in [7, 11) is 0. The van der Waals surface area contributed by atoms with Crippen LogP contribution < -0.4 is 0 Å². The van der Waals surface area contributed by atoms with E-state index in [0.29, 0.717) is 37.8 Å². The van der Waals surface area contributed by atoms with Gasteiger partial charge >= 0.3 is 0 Å². The Morgan fingerprint density at radius 1 is 1.13 bits per heavy atom. The van der Waals surface area contributed by atoms with E-state index in [9.17, 15) is 4.39 Å². The quantitative estimate of drug-likeness (QED) is 0.870. The molecule has 6 heteroatoms. The van der Waals surface area contributed by atoms with Crippen LogP contribution >= 0.6 is 0 Å². The molecule has 0 N–H and O–H groups in total. The van der Waals surface area contributed by atoms with Gasteiger partial charge in [0.1, 0.15) is 11.9 Å². The molecule has 0 aliphatic carbocycles. The van der Waals surface area contributed by atoms with Crippen LogP contribution in [0.15, 0.2) is 28.7 Å². The molecule has 0 amide bonds. The number of aromatic nitrogens is 2. The third-order valence-electron chi connectivity index (χ3n) is 4.78. The minimum Gasteiger partial charge on any atom is -0.421 e. The molecule has 2 aliphatic heterocycles. The highest BCUT2D eigenvalue weighted by Gasteiger charge is 2.42. The lowest BCUT2D eigenvalue weighted by atomic mass is 9.74. The second kappa shape index (κ2) is 6.02. The van der Waals surface area contributed by atoms with E-state index in [1.807, 2.05) is 6.07 Å². The van der Waals surface area contributed by atoms with E-state index < -0.39 is 5.41 Å². The summed E-state index contributed by atoms with van der Waals surface area (Å²) in [6.07, 6.45) is 3.19. The summed E-state index contributed by atoms with van der Waals surface area (Å²) in [5.74, 6) is 0.809. The molecule has 2 aliphatic rings. The summed E-state index contributed by atoms with van der Waals surface area (Å²) < 4.78 is 30.8. The highest BCUT2D eigenvalue weighted by Crippen LogP contribution is 2.41. The molecule has 1 atom stereocenters. The zero-order chi connectivity index (χ0) is 15.7. The first-order chi connectivity index (χ1) is 11.3. The molecule has 0 bridgehead atoms. The predicted octanol–water partition coefficient (Wildman–Crippen LogP) is 3.16. The van der Waals surface area contributed by atoms with Crippen molar-refractivity contribution < 1.29 is 18.3 Å². The van der Waals surface area contributed by atoms with Gasteiger partial charge in [0.2, 0.25) is 11.8 Å². The second-order valence-electron chi connectivity index (χ2n) is 6.15. The molecule has 2 aromatic rings. The maximum absolute atomic E-state index is 13.7. The molecule has 5 nitrogen and oxygen atoms in total. The van der Waals surface area contributed by atoms with E-state index in [4.69, 9.17) is 13.9 Å². The Morgan fingerprint density at radius 3 is 2.74 bits per heavy atom. The van der Waals surface area contributed by atoms with Crippen LogP contribution in [0.5, 0.6) is 0 Å². The highest BCUT2D eigenvalue weighted by atomic mass is 19.1. The Bertz CT molecular complexity index is 676. The molecule has 2 saturated heterocycles. The van der Waals surface area contributed by atoms with Crippen LogP contribution in [0.1, 0.15) is 49.1 Å². The average Bonchev–Trinajstić information content (AvgIpc) is 3.27. The standard InChI is InChI=1S/C17H19FN2O3/c18-13-4-1-3-12(11-13)17(6-9-21-10-7-17)16-20-19-15(23-16)14-5-2-8-22-14/h1,3-4,11,14H,2,5-10H2/t14-/m1/s1. The van der Waals surface area contributed by atoms with E-state index in [1.54, 1.807) is 12.1 Å². The van der Waals surface area contributed by atoms with Gasteiger partial charge in [-0.15, -0.1) is 10.2 Å². The molecule has 0 spiro atoms. The van der Waals surface area contributed by atoms with E-state index in [-0.39, 0.29) is 11.9 Å². The summed E-state index contributed by atoms with van der Waals surface area (Å²) >= 11 is 0.